The summed E-state index contributed by atoms with van der Waals surface area (Å²) in [6.45, 7) is 0.227. The molecule has 4 rings (SSSR count). The Bertz CT molecular complexity index is 1230. The van der Waals surface area contributed by atoms with E-state index >= 15 is 0 Å². The van der Waals surface area contributed by atoms with E-state index in [1.807, 2.05) is 24.3 Å². The number of imide groups is 1. The van der Waals surface area contributed by atoms with Crippen LogP contribution in [0.4, 0.5) is 9.18 Å². The number of carbonyl (C=O) groups is 2. The van der Waals surface area contributed by atoms with E-state index in [0.717, 1.165) is 21.8 Å². The minimum absolute atomic E-state index is 0.0240. The maximum atomic E-state index is 13.9. The van der Waals surface area contributed by atoms with Gasteiger partial charge in [0.25, 0.3) is 11.1 Å². The van der Waals surface area contributed by atoms with Crippen LogP contribution in [0.15, 0.2) is 76.1 Å². The normalized spacial score (nSPS) is 14.8. The average Bonchev–Trinajstić information content (AvgIpc) is 3.07. The summed E-state index contributed by atoms with van der Waals surface area (Å²) in [4.78, 5) is 26.9. The Labute approximate surface area is 203 Å². The fraction of sp³-hybridized carbons (Fsp3) is 0.120. The molecule has 33 heavy (non-hydrogen) atoms. The van der Waals surface area contributed by atoms with E-state index in [2.05, 4.69) is 15.9 Å². The van der Waals surface area contributed by atoms with Gasteiger partial charge in [-0.05, 0) is 59.3 Å². The molecule has 1 heterocycles. The summed E-state index contributed by atoms with van der Waals surface area (Å²) in [5.74, 6) is 0.181. The highest BCUT2D eigenvalue weighted by atomic mass is 79.9. The summed E-state index contributed by atoms with van der Waals surface area (Å²) in [6.07, 6.45) is 1.64. The minimum Gasteiger partial charge on any atom is -0.493 e. The maximum absolute atomic E-state index is 13.9. The molecule has 0 spiro atoms. The second kappa shape index (κ2) is 10.2. The number of hydrogen-bond acceptors (Lipinski definition) is 5. The lowest BCUT2D eigenvalue weighted by Crippen LogP contribution is -2.27. The van der Waals surface area contributed by atoms with Crippen LogP contribution in [0.25, 0.3) is 6.08 Å². The molecule has 0 N–H and O–H groups in total. The summed E-state index contributed by atoms with van der Waals surface area (Å²) in [5.41, 5.74) is 1.93. The first kappa shape index (κ1) is 23.1. The first-order valence-electron chi connectivity index (χ1n) is 9.98. The van der Waals surface area contributed by atoms with Gasteiger partial charge < -0.3 is 9.47 Å². The lowest BCUT2D eigenvalue weighted by atomic mass is 10.1. The summed E-state index contributed by atoms with van der Waals surface area (Å²) < 4.78 is 26.0. The number of amides is 2. The van der Waals surface area contributed by atoms with Crippen molar-refractivity contribution >= 4 is 44.9 Å². The molecule has 5 nitrogen and oxygen atoms in total. The fourth-order valence-electron chi connectivity index (χ4n) is 3.23. The molecular weight excluding hydrogens is 509 g/mol. The second-order valence-electron chi connectivity index (χ2n) is 7.18. The van der Waals surface area contributed by atoms with Gasteiger partial charge in [0.1, 0.15) is 12.4 Å². The molecule has 1 saturated heterocycles. The van der Waals surface area contributed by atoms with Crippen molar-refractivity contribution in [2.75, 3.05) is 7.11 Å². The van der Waals surface area contributed by atoms with Crippen molar-refractivity contribution in [3.8, 4) is 11.5 Å². The van der Waals surface area contributed by atoms with Crippen molar-refractivity contribution in [2.24, 2.45) is 0 Å². The lowest BCUT2D eigenvalue weighted by Gasteiger charge is -2.13. The van der Waals surface area contributed by atoms with E-state index in [0.29, 0.717) is 27.5 Å². The van der Waals surface area contributed by atoms with Crippen LogP contribution in [-0.2, 0) is 17.9 Å². The van der Waals surface area contributed by atoms with Crippen LogP contribution in [-0.4, -0.2) is 23.2 Å². The number of thioether (sulfide) groups is 1. The summed E-state index contributed by atoms with van der Waals surface area (Å²) >= 11 is 4.27. The molecule has 0 unspecified atom stereocenters. The van der Waals surface area contributed by atoms with Gasteiger partial charge in [-0.3, -0.25) is 14.5 Å². The average molecular weight is 528 g/mol. The molecule has 3 aromatic rings. The zero-order chi connectivity index (χ0) is 23.4. The van der Waals surface area contributed by atoms with Gasteiger partial charge in [0, 0.05) is 10.0 Å². The quantitative estimate of drug-likeness (QED) is 0.332. The summed E-state index contributed by atoms with van der Waals surface area (Å²) in [6, 6.07) is 19.0. The van der Waals surface area contributed by atoms with E-state index in [1.165, 1.54) is 18.1 Å². The van der Waals surface area contributed by atoms with Crippen LogP contribution in [0.3, 0.4) is 0 Å². The molecule has 8 heteroatoms. The summed E-state index contributed by atoms with van der Waals surface area (Å²) in [7, 11) is 1.51. The van der Waals surface area contributed by atoms with Crippen LogP contribution >= 0.6 is 27.7 Å². The Hall–Kier alpha value is -3.10. The zero-order valence-electron chi connectivity index (χ0n) is 17.6. The van der Waals surface area contributed by atoms with Crippen molar-refractivity contribution < 1.29 is 23.5 Å². The van der Waals surface area contributed by atoms with Crippen molar-refractivity contribution in [1.29, 1.82) is 0 Å². The molecule has 0 saturated carbocycles. The highest BCUT2D eigenvalue weighted by Gasteiger charge is 2.35. The highest BCUT2D eigenvalue weighted by Crippen LogP contribution is 2.35. The number of benzene rings is 3. The third-order valence-electron chi connectivity index (χ3n) is 4.95. The van der Waals surface area contributed by atoms with E-state index in [4.69, 9.17) is 9.47 Å². The molecular formula is C25H19BrFNO4S. The first-order chi connectivity index (χ1) is 15.9. The van der Waals surface area contributed by atoms with E-state index in [9.17, 15) is 14.0 Å². The predicted octanol–water partition coefficient (Wildman–Crippen LogP) is 6.41. The van der Waals surface area contributed by atoms with Crippen LogP contribution < -0.4 is 9.47 Å². The van der Waals surface area contributed by atoms with Gasteiger partial charge >= 0.3 is 0 Å². The monoisotopic (exact) mass is 527 g/mol. The van der Waals surface area contributed by atoms with E-state index < -0.39 is 0 Å². The molecule has 0 aliphatic carbocycles. The van der Waals surface area contributed by atoms with Crippen LogP contribution in [0.1, 0.15) is 16.7 Å². The first-order valence-corrected chi connectivity index (χ1v) is 11.6. The Morgan fingerprint density at radius 3 is 2.52 bits per heavy atom. The van der Waals surface area contributed by atoms with Gasteiger partial charge in [-0.25, -0.2) is 4.39 Å². The van der Waals surface area contributed by atoms with Crippen molar-refractivity contribution in [3.05, 3.63) is 98.6 Å². The molecule has 0 aromatic heterocycles. The maximum Gasteiger partial charge on any atom is 0.293 e. The Morgan fingerprint density at radius 2 is 1.79 bits per heavy atom. The predicted molar refractivity (Wildman–Crippen MR) is 129 cm³/mol. The molecule has 1 aliphatic heterocycles. The number of carbonyl (C=O) groups excluding carboxylic acids is 2. The summed E-state index contributed by atoms with van der Waals surface area (Å²) in [5, 5.41) is -0.321. The van der Waals surface area contributed by atoms with Gasteiger partial charge in [0.2, 0.25) is 0 Å². The lowest BCUT2D eigenvalue weighted by molar-refractivity contribution is -0.123. The second-order valence-corrected chi connectivity index (χ2v) is 9.09. The van der Waals surface area contributed by atoms with Crippen LogP contribution in [0, 0.1) is 5.82 Å². The Balaban J connectivity index is 1.52. The molecule has 0 atom stereocenters. The van der Waals surface area contributed by atoms with Crippen molar-refractivity contribution in [3.63, 3.8) is 0 Å². The third-order valence-corrected chi connectivity index (χ3v) is 6.39. The number of ether oxygens (including phenoxy) is 2. The largest absolute Gasteiger partial charge is 0.493 e. The van der Waals surface area contributed by atoms with Crippen molar-refractivity contribution in [2.45, 2.75) is 13.2 Å². The number of rotatable bonds is 7. The smallest absolute Gasteiger partial charge is 0.293 e. The minimum atomic E-state index is -0.355. The van der Waals surface area contributed by atoms with Gasteiger partial charge in [-0.15, -0.1) is 0 Å². The highest BCUT2D eigenvalue weighted by molar-refractivity contribution is 9.10. The Morgan fingerprint density at radius 1 is 1.03 bits per heavy atom. The van der Waals surface area contributed by atoms with Crippen molar-refractivity contribution in [1.82, 2.24) is 4.90 Å². The van der Waals surface area contributed by atoms with Gasteiger partial charge in [0.05, 0.1) is 18.6 Å². The molecule has 0 radical (unpaired) electrons. The SMILES string of the molecule is COc1ccc(/C=C2\SC(=O)N(Cc3ccc(Br)cc3)C2=O)cc1OCc1ccccc1F. The molecule has 168 valence electrons. The van der Waals surface area contributed by atoms with Gasteiger partial charge in [-0.1, -0.05) is 52.3 Å². The number of methoxy groups -OCH3 is 1. The molecule has 1 fully saturated rings. The topological polar surface area (TPSA) is 55.8 Å². The third kappa shape index (κ3) is 5.46. The molecule has 1 aliphatic rings. The van der Waals surface area contributed by atoms with Gasteiger partial charge in [-0.2, -0.15) is 0 Å². The number of hydrogen-bond donors (Lipinski definition) is 0. The standard InChI is InChI=1S/C25H19BrFNO4S/c1-31-21-11-8-17(12-22(21)32-15-18-4-2-3-5-20(18)27)13-23-24(29)28(25(30)33-23)14-16-6-9-19(26)10-7-16/h2-13H,14-15H2,1H3/b23-13-. The van der Waals surface area contributed by atoms with E-state index in [-0.39, 0.29) is 30.1 Å². The fourth-order valence-corrected chi connectivity index (χ4v) is 4.33. The Kier molecular flexibility index (Phi) is 7.15. The molecule has 0 bridgehead atoms. The number of nitrogens with zero attached hydrogens (tertiary/aromatic N) is 1. The molecule has 2 amide bonds. The van der Waals surface area contributed by atoms with Gasteiger partial charge in [0.15, 0.2) is 11.5 Å². The van der Waals surface area contributed by atoms with E-state index in [1.54, 1.807) is 42.5 Å². The van der Waals surface area contributed by atoms with Crippen LogP contribution in [0.5, 0.6) is 11.5 Å². The zero-order valence-corrected chi connectivity index (χ0v) is 20.0. The number of halogens is 2. The van der Waals surface area contributed by atoms with Crippen LogP contribution in [0.2, 0.25) is 0 Å². The molecule has 3 aromatic carbocycles.